The van der Waals surface area contributed by atoms with Gasteiger partial charge in [-0.2, -0.15) is 0 Å². The second-order valence-electron chi connectivity index (χ2n) is 6.35. The average Bonchev–Trinajstić information content (AvgIpc) is 2.57. The molecule has 1 fully saturated rings. The monoisotopic (exact) mass is 300 g/mol. The Morgan fingerprint density at radius 1 is 1.23 bits per heavy atom. The van der Waals surface area contributed by atoms with Crippen molar-refractivity contribution in [3.63, 3.8) is 0 Å². The van der Waals surface area contributed by atoms with Crippen molar-refractivity contribution in [1.82, 2.24) is 0 Å². The zero-order valence-corrected chi connectivity index (χ0v) is 13.5. The van der Waals surface area contributed by atoms with E-state index in [0.29, 0.717) is 0 Å². The fraction of sp³-hybridized carbons (Fsp3) is 0.474. The van der Waals surface area contributed by atoms with Crippen LogP contribution in [-0.2, 0) is 9.47 Å². The maximum atomic E-state index is 11.4. The smallest absolute Gasteiger partial charge is 0.207 e. The summed E-state index contributed by atoms with van der Waals surface area (Å²) in [5, 5.41) is 11.4. The molecule has 4 rings (SSSR count). The number of hydrogen-bond donors (Lipinski definition) is 1. The summed E-state index contributed by atoms with van der Waals surface area (Å²) in [6.07, 6.45) is 4.66. The molecule has 3 aliphatic rings. The Bertz CT molecular complexity index is 588. The molecular weight excluding hydrogens is 276 g/mol. The first-order valence-electron chi connectivity index (χ1n) is 7.73. The Morgan fingerprint density at radius 2 is 1.86 bits per heavy atom. The number of methoxy groups -OCH3 is 2. The molecule has 3 heteroatoms. The molecule has 0 radical (unpaired) electrons. The van der Waals surface area contributed by atoms with Gasteiger partial charge < -0.3 is 14.6 Å². The molecule has 0 aromatic heterocycles. The normalized spacial score (nSPS) is 36.0. The van der Waals surface area contributed by atoms with E-state index in [1.807, 2.05) is 18.2 Å². The van der Waals surface area contributed by atoms with E-state index >= 15 is 0 Å². The maximum absolute atomic E-state index is 11.4. The third-order valence-corrected chi connectivity index (χ3v) is 5.59. The minimum Gasteiger partial charge on any atom is -0.379 e. The molecule has 1 N–H and O–H groups in total. The van der Waals surface area contributed by atoms with Crippen LogP contribution in [0.2, 0.25) is 0 Å². The van der Waals surface area contributed by atoms with E-state index in [-0.39, 0.29) is 17.8 Å². The summed E-state index contributed by atoms with van der Waals surface area (Å²) in [7, 11) is 3.20. The summed E-state index contributed by atoms with van der Waals surface area (Å²) in [4.78, 5) is 0. The Balaban J connectivity index is 2.14. The fourth-order valence-electron chi connectivity index (χ4n) is 4.52. The first kappa shape index (κ1) is 15.5. The van der Waals surface area contributed by atoms with Gasteiger partial charge in [-0.1, -0.05) is 48.1 Å². The van der Waals surface area contributed by atoms with E-state index in [1.165, 1.54) is 11.1 Å². The van der Waals surface area contributed by atoms with E-state index in [0.717, 1.165) is 6.42 Å². The highest BCUT2D eigenvalue weighted by atomic mass is 16.7. The van der Waals surface area contributed by atoms with Crippen LogP contribution in [0, 0.1) is 11.8 Å². The zero-order chi connectivity index (χ0) is 16.0. The van der Waals surface area contributed by atoms with Gasteiger partial charge in [-0.05, 0) is 24.8 Å². The standard InChI is InChI=1S/C19H24O3/c1-5-18(20)17-11-13(2)16(19(18,21-3)22-4)12-15(17)14-9-7-6-8-10-14/h5-11,15-17,20H,1,12H2,2-4H3/t15-,16+,17+,18-/m0/s1. The van der Waals surface area contributed by atoms with E-state index in [2.05, 4.69) is 31.7 Å². The number of rotatable bonds is 4. The van der Waals surface area contributed by atoms with Gasteiger partial charge in [-0.3, -0.25) is 0 Å². The molecule has 0 saturated heterocycles. The number of ether oxygens (including phenoxy) is 2. The Hall–Kier alpha value is -1.42. The molecule has 4 atom stereocenters. The van der Waals surface area contributed by atoms with Gasteiger partial charge in [0.25, 0.3) is 0 Å². The van der Waals surface area contributed by atoms with Crippen molar-refractivity contribution in [3.8, 4) is 0 Å². The highest BCUT2D eigenvalue weighted by molar-refractivity contribution is 5.38. The lowest BCUT2D eigenvalue weighted by Gasteiger charge is -2.60. The van der Waals surface area contributed by atoms with Crippen LogP contribution < -0.4 is 0 Å². The molecule has 1 saturated carbocycles. The molecule has 0 heterocycles. The van der Waals surface area contributed by atoms with Crippen LogP contribution in [0.25, 0.3) is 0 Å². The molecule has 2 bridgehead atoms. The Kier molecular flexibility index (Phi) is 3.76. The molecule has 22 heavy (non-hydrogen) atoms. The van der Waals surface area contributed by atoms with Crippen LogP contribution in [0.15, 0.2) is 54.6 Å². The summed E-state index contributed by atoms with van der Waals surface area (Å²) in [6, 6.07) is 10.3. The van der Waals surface area contributed by atoms with Gasteiger partial charge in [0.15, 0.2) is 0 Å². The van der Waals surface area contributed by atoms with Crippen molar-refractivity contribution in [2.75, 3.05) is 14.2 Å². The second-order valence-corrected chi connectivity index (χ2v) is 6.35. The van der Waals surface area contributed by atoms with Crippen molar-refractivity contribution in [2.24, 2.45) is 11.8 Å². The molecule has 118 valence electrons. The lowest BCUT2D eigenvalue weighted by atomic mass is 9.53. The van der Waals surface area contributed by atoms with Crippen molar-refractivity contribution < 1.29 is 14.6 Å². The van der Waals surface area contributed by atoms with Crippen LogP contribution >= 0.6 is 0 Å². The largest absolute Gasteiger partial charge is 0.379 e. The molecule has 3 aliphatic carbocycles. The first-order chi connectivity index (χ1) is 10.5. The number of aliphatic hydroxyl groups is 1. The first-order valence-corrected chi connectivity index (χ1v) is 7.73. The van der Waals surface area contributed by atoms with Gasteiger partial charge in [0, 0.05) is 26.1 Å². The van der Waals surface area contributed by atoms with Crippen LogP contribution in [0.1, 0.15) is 24.8 Å². The van der Waals surface area contributed by atoms with Crippen LogP contribution in [-0.4, -0.2) is 30.7 Å². The lowest BCUT2D eigenvalue weighted by Crippen LogP contribution is -2.69. The maximum Gasteiger partial charge on any atom is 0.207 e. The quantitative estimate of drug-likeness (QED) is 0.685. The lowest BCUT2D eigenvalue weighted by molar-refractivity contribution is -0.336. The number of hydrogen-bond acceptors (Lipinski definition) is 3. The van der Waals surface area contributed by atoms with Crippen molar-refractivity contribution in [3.05, 3.63) is 60.2 Å². The third-order valence-electron chi connectivity index (χ3n) is 5.59. The van der Waals surface area contributed by atoms with Gasteiger partial charge in [-0.25, -0.2) is 0 Å². The molecule has 3 nitrogen and oxygen atoms in total. The van der Waals surface area contributed by atoms with E-state index in [9.17, 15) is 5.11 Å². The summed E-state index contributed by atoms with van der Waals surface area (Å²) < 4.78 is 11.5. The summed E-state index contributed by atoms with van der Waals surface area (Å²) in [6.45, 7) is 5.97. The minimum atomic E-state index is -1.25. The van der Waals surface area contributed by atoms with E-state index in [1.54, 1.807) is 20.3 Å². The second kappa shape index (κ2) is 5.34. The Morgan fingerprint density at radius 3 is 2.41 bits per heavy atom. The highest BCUT2D eigenvalue weighted by Gasteiger charge is 2.66. The van der Waals surface area contributed by atoms with Gasteiger partial charge in [0.1, 0.15) is 5.60 Å². The SMILES string of the molecule is C=C[C@]1(O)[C@@H]2C=C(C)[C@@H](C[C@H]2c2ccccc2)C1(OC)OC. The number of fused-ring (bicyclic) bond motifs is 2. The van der Waals surface area contributed by atoms with Crippen molar-refractivity contribution >= 4 is 0 Å². The molecule has 0 spiro atoms. The summed E-state index contributed by atoms with van der Waals surface area (Å²) >= 11 is 0. The van der Waals surface area contributed by atoms with Gasteiger partial charge in [0.05, 0.1) is 0 Å². The molecule has 0 amide bonds. The van der Waals surface area contributed by atoms with E-state index < -0.39 is 11.4 Å². The van der Waals surface area contributed by atoms with Crippen molar-refractivity contribution in [2.45, 2.75) is 30.7 Å². The molecule has 1 aromatic carbocycles. The van der Waals surface area contributed by atoms with Crippen molar-refractivity contribution in [1.29, 1.82) is 0 Å². The number of benzene rings is 1. The fourth-order valence-corrected chi connectivity index (χ4v) is 4.52. The van der Waals surface area contributed by atoms with Crippen LogP contribution in [0.4, 0.5) is 0 Å². The average molecular weight is 300 g/mol. The van der Waals surface area contributed by atoms with Gasteiger partial charge in [0.2, 0.25) is 5.79 Å². The topological polar surface area (TPSA) is 38.7 Å². The zero-order valence-electron chi connectivity index (χ0n) is 13.5. The summed E-state index contributed by atoms with van der Waals surface area (Å²) in [5.74, 6) is -0.946. The predicted octanol–water partition coefficient (Wildman–Crippen LogP) is 3.27. The molecule has 0 aliphatic heterocycles. The van der Waals surface area contributed by atoms with Crippen LogP contribution in [0.3, 0.4) is 0 Å². The van der Waals surface area contributed by atoms with E-state index in [4.69, 9.17) is 9.47 Å². The highest BCUT2D eigenvalue weighted by Crippen LogP contribution is 2.59. The summed E-state index contributed by atoms with van der Waals surface area (Å²) in [5.41, 5.74) is 1.20. The van der Waals surface area contributed by atoms with Gasteiger partial charge >= 0.3 is 0 Å². The van der Waals surface area contributed by atoms with Gasteiger partial charge in [-0.15, -0.1) is 6.58 Å². The minimum absolute atomic E-state index is 0.000654. The third kappa shape index (κ3) is 1.79. The molecule has 0 unspecified atom stereocenters. The predicted molar refractivity (Wildman–Crippen MR) is 86.4 cm³/mol. The molecule has 1 aromatic rings. The van der Waals surface area contributed by atoms with Crippen LogP contribution in [0.5, 0.6) is 0 Å². The Labute approximate surface area is 132 Å². The molecular formula is C19H24O3.